The van der Waals surface area contributed by atoms with Crippen molar-refractivity contribution in [3.8, 4) is 5.75 Å². The third-order valence-electron chi connectivity index (χ3n) is 4.70. The SMILES string of the molecule is c1ccc(COc2cncc(N3C[C@H]4CNC[C@H]4C3)c2)cc1. The Hall–Kier alpha value is -2.07. The average molecular weight is 295 g/mol. The number of nitrogens with zero attached hydrogens (tertiary/aromatic N) is 2. The van der Waals surface area contributed by atoms with E-state index in [4.69, 9.17) is 4.74 Å². The van der Waals surface area contributed by atoms with Crippen LogP contribution in [-0.2, 0) is 6.61 Å². The predicted molar refractivity (Wildman–Crippen MR) is 87.1 cm³/mol. The number of pyridine rings is 1. The van der Waals surface area contributed by atoms with Gasteiger partial charge in [0.2, 0.25) is 0 Å². The van der Waals surface area contributed by atoms with Crippen LogP contribution < -0.4 is 15.0 Å². The van der Waals surface area contributed by atoms with Gasteiger partial charge >= 0.3 is 0 Å². The first-order valence-corrected chi connectivity index (χ1v) is 7.96. The quantitative estimate of drug-likeness (QED) is 0.939. The van der Waals surface area contributed by atoms with Crippen LogP contribution in [0.25, 0.3) is 0 Å². The maximum absolute atomic E-state index is 5.88. The van der Waals surface area contributed by atoms with Gasteiger partial charge in [0.15, 0.2) is 0 Å². The molecule has 2 atom stereocenters. The lowest BCUT2D eigenvalue weighted by Gasteiger charge is -2.20. The Kier molecular flexibility index (Phi) is 3.69. The molecule has 4 rings (SSSR count). The van der Waals surface area contributed by atoms with Crippen molar-refractivity contribution < 1.29 is 4.74 Å². The average Bonchev–Trinajstić information content (AvgIpc) is 3.16. The van der Waals surface area contributed by atoms with E-state index in [2.05, 4.69) is 33.4 Å². The van der Waals surface area contributed by atoms with Gasteiger partial charge in [0.05, 0.1) is 18.1 Å². The van der Waals surface area contributed by atoms with E-state index in [0.29, 0.717) is 6.61 Å². The maximum Gasteiger partial charge on any atom is 0.140 e. The Labute approximate surface area is 131 Å². The number of nitrogens with one attached hydrogen (secondary N) is 1. The molecule has 2 aromatic rings. The molecule has 22 heavy (non-hydrogen) atoms. The number of hydrogen-bond acceptors (Lipinski definition) is 4. The summed E-state index contributed by atoms with van der Waals surface area (Å²) in [7, 11) is 0. The second-order valence-corrected chi connectivity index (χ2v) is 6.24. The minimum atomic E-state index is 0.584. The van der Waals surface area contributed by atoms with E-state index < -0.39 is 0 Å². The van der Waals surface area contributed by atoms with Crippen LogP contribution in [-0.4, -0.2) is 31.2 Å². The highest BCUT2D eigenvalue weighted by atomic mass is 16.5. The van der Waals surface area contributed by atoms with Gasteiger partial charge in [-0.1, -0.05) is 30.3 Å². The molecular formula is C18H21N3O. The van der Waals surface area contributed by atoms with Gasteiger partial charge in [0.1, 0.15) is 12.4 Å². The highest BCUT2D eigenvalue weighted by Gasteiger charge is 2.36. The number of rotatable bonds is 4. The molecule has 1 aromatic carbocycles. The van der Waals surface area contributed by atoms with Gasteiger partial charge in [0.25, 0.3) is 0 Å². The third-order valence-corrected chi connectivity index (χ3v) is 4.70. The van der Waals surface area contributed by atoms with Gasteiger partial charge in [-0.05, 0) is 17.4 Å². The summed E-state index contributed by atoms with van der Waals surface area (Å²) in [6.45, 7) is 5.14. The summed E-state index contributed by atoms with van der Waals surface area (Å²) < 4.78 is 5.88. The van der Waals surface area contributed by atoms with Crippen molar-refractivity contribution in [2.75, 3.05) is 31.1 Å². The number of hydrogen-bond donors (Lipinski definition) is 1. The molecule has 0 bridgehead atoms. The predicted octanol–water partition coefficient (Wildman–Crippen LogP) is 2.32. The number of fused-ring (bicyclic) bond motifs is 1. The Morgan fingerprint density at radius 1 is 1.09 bits per heavy atom. The molecule has 0 spiro atoms. The van der Waals surface area contributed by atoms with Crippen molar-refractivity contribution in [1.29, 1.82) is 0 Å². The fourth-order valence-electron chi connectivity index (χ4n) is 3.47. The van der Waals surface area contributed by atoms with Crippen molar-refractivity contribution in [2.45, 2.75) is 6.61 Å². The lowest BCUT2D eigenvalue weighted by Crippen LogP contribution is -2.25. The molecular weight excluding hydrogens is 274 g/mol. The lowest BCUT2D eigenvalue weighted by atomic mass is 10.0. The van der Waals surface area contributed by atoms with Gasteiger partial charge in [0, 0.05) is 32.2 Å². The van der Waals surface area contributed by atoms with Gasteiger partial charge in [-0.2, -0.15) is 0 Å². The summed E-state index contributed by atoms with van der Waals surface area (Å²) in [5.74, 6) is 2.42. The van der Waals surface area contributed by atoms with Crippen molar-refractivity contribution in [3.05, 3.63) is 54.4 Å². The zero-order valence-corrected chi connectivity index (χ0v) is 12.6. The molecule has 0 aliphatic carbocycles. The first-order chi connectivity index (χ1) is 10.9. The molecule has 0 radical (unpaired) electrons. The zero-order chi connectivity index (χ0) is 14.8. The molecule has 4 heteroatoms. The summed E-state index contributed by atoms with van der Waals surface area (Å²) in [5.41, 5.74) is 2.36. The van der Waals surface area contributed by atoms with E-state index in [1.165, 1.54) is 11.3 Å². The highest BCUT2D eigenvalue weighted by molar-refractivity contribution is 5.49. The minimum Gasteiger partial charge on any atom is -0.487 e. The van der Waals surface area contributed by atoms with Gasteiger partial charge < -0.3 is 15.0 Å². The third kappa shape index (κ3) is 2.79. The van der Waals surface area contributed by atoms with Crippen LogP contribution in [0.2, 0.25) is 0 Å². The molecule has 0 saturated carbocycles. The lowest BCUT2D eigenvalue weighted by molar-refractivity contribution is 0.305. The number of anilines is 1. The van der Waals surface area contributed by atoms with E-state index in [9.17, 15) is 0 Å². The molecule has 3 heterocycles. The van der Waals surface area contributed by atoms with Gasteiger partial charge in [-0.3, -0.25) is 4.98 Å². The van der Waals surface area contributed by atoms with Gasteiger partial charge in [-0.15, -0.1) is 0 Å². The van der Waals surface area contributed by atoms with Crippen LogP contribution >= 0.6 is 0 Å². The van der Waals surface area contributed by atoms with Crippen LogP contribution in [0.4, 0.5) is 5.69 Å². The maximum atomic E-state index is 5.88. The monoisotopic (exact) mass is 295 g/mol. The second-order valence-electron chi connectivity index (χ2n) is 6.24. The molecule has 0 amide bonds. The van der Waals surface area contributed by atoms with E-state index in [0.717, 1.165) is 43.8 Å². The highest BCUT2D eigenvalue weighted by Crippen LogP contribution is 2.31. The van der Waals surface area contributed by atoms with Crippen molar-refractivity contribution >= 4 is 5.69 Å². The van der Waals surface area contributed by atoms with Crippen molar-refractivity contribution in [3.63, 3.8) is 0 Å². The smallest absolute Gasteiger partial charge is 0.140 e. The zero-order valence-electron chi connectivity index (χ0n) is 12.6. The van der Waals surface area contributed by atoms with Crippen LogP contribution in [0.5, 0.6) is 5.75 Å². The summed E-state index contributed by atoms with van der Waals surface area (Å²) in [6.07, 6.45) is 3.74. The molecule has 0 unspecified atom stereocenters. The van der Waals surface area contributed by atoms with Crippen molar-refractivity contribution in [1.82, 2.24) is 10.3 Å². The fourth-order valence-corrected chi connectivity index (χ4v) is 3.47. The summed E-state index contributed by atoms with van der Waals surface area (Å²) in [6, 6.07) is 12.3. The first kappa shape index (κ1) is 13.6. The van der Waals surface area contributed by atoms with E-state index in [1.54, 1.807) is 6.20 Å². The van der Waals surface area contributed by atoms with E-state index in [-0.39, 0.29) is 0 Å². The second kappa shape index (κ2) is 5.97. The molecule has 2 aliphatic rings. The van der Waals surface area contributed by atoms with E-state index in [1.807, 2.05) is 24.4 Å². The number of ether oxygens (including phenoxy) is 1. The Bertz CT molecular complexity index is 619. The number of benzene rings is 1. The van der Waals surface area contributed by atoms with Crippen molar-refractivity contribution in [2.24, 2.45) is 11.8 Å². The summed E-state index contributed by atoms with van der Waals surface area (Å²) >= 11 is 0. The molecule has 2 fully saturated rings. The Morgan fingerprint density at radius 3 is 2.64 bits per heavy atom. The van der Waals surface area contributed by atoms with Crippen LogP contribution in [0.1, 0.15) is 5.56 Å². The normalized spacial score (nSPS) is 23.5. The first-order valence-electron chi connectivity index (χ1n) is 7.96. The fraction of sp³-hybridized carbons (Fsp3) is 0.389. The topological polar surface area (TPSA) is 37.4 Å². The molecule has 114 valence electrons. The van der Waals surface area contributed by atoms with Crippen LogP contribution in [0, 0.1) is 11.8 Å². The molecule has 1 N–H and O–H groups in total. The Morgan fingerprint density at radius 2 is 1.86 bits per heavy atom. The molecule has 1 aromatic heterocycles. The van der Waals surface area contributed by atoms with Crippen LogP contribution in [0.15, 0.2) is 48.8 Å². The number of aromatic nitrogens is 1. The van der Waals surface area contributed by atoms with E-state index >= 15 is 0 Å². The summed E-state index contributed by atoms with van der Waals surface area (Å²) in [4.78, 5) is 6.80. The molecule has 2 aliphatic heterocycles. The molecule has 4 nitrogen and oxygen atoms in total. The standard InChI is InChI=1S/C18H21N3O/c1-2-4-14(5-3-1)13-22-18-6-17(9-20-10-18)21-11-15-7-19-8-16(15)12-21/h1-6,9-10,15-16,19H,7-8,11-13H2/t15-,16+. The largest absolute Gasteiger partial charge is 0.487 e. The summed E-state index contributed by atoms with van der Waals surface area (Å²) in [5, 5.41) is 3.48. The van der Waals surface area contributed by atoms with Crippen LogP contribution in [0.3, 0.4) is 0 Å². The minimum absolute atomic E-state index is 0.584. The van der Waals surface area contributed by atoms with Gasteiger partial charge in [-0.25, -0.2) is 0 Å². The Balaban J connectivity index is 1.42. The molecule has 2 saturated heterocycles.